The molecule has 0 amide bonds. The highest BCUT2D eigenvalue weighted by atomic mass is 14.7. The van der Waals surface area contributed by atoms with E-state index in [2.05, 4.69) is 166 Å². The molecule has 10 aliphatic carbocycles. The molecule has 4 unspecified atom stereocenters. The second-order valence-electron chi connectivity index (χ2n) is 31.9. The third-order valence-corrected chi connectivity index (χ3v) is 22.1. The Morgan fingerprint density at radius 3 is 0.650 bits per heavy atom. The molecular weight excluding hydrogens is 721 g/mol. The summed E-state index contributed by atoms with van der Waals surface area (Å²) < 4.78 is 0. The van der Waals surface area contributed by atoms with E-state index in [1.54, 1.807) is 0 Å². The smallest absolute Gasteiger partial charge is 0.0144 e. The van der Waals surface area contributed by atoms with E-state index in [1.807, 2.05) is 0 Å². The zero-order chi connectivity index (χ0) is 45.9. The zero-order valence-electron chi connectivity index (χ0n) is 45.9. The van der Waals surface area contributed by atoms with Crippen molar-refractivity contribution in [1.82, 2.24) is 0 Å². The van der Waals surface area contributed by atoms with Crippen LogP contribution in [0, 0.1) is 112 Å². The maximum Gasteiger partial charge on any atom is -0.0144 e. The third-order valence-electron chi connectivity index (χ3n) is 22.1. The van der Waals surface area contributed by atoms with Crippen molar-refractivity contribution in [1.29, 1.82) is 0 Å². The SMILES string of the molecule is CC(C)(C)C1(C(C)(C)C)C2CCC1C2.CC(C)(C)C1(C(C)(C)C)C2CCC1CC2.CC(C)(C)C1(C(C)(C)C)CC2CCC1C2.CC(C)(C)C1(C(C)(C)C)CC2CCC1CC2. The van der Waals surface area contributed by atoms with Crippen LogP contribution in [0.15, 0.2) is 0 Å². The van der Waals surface area contributed by atoms with Crippen LogP contribution >= 0.6 is 0 Å². The van der Waals surface area contributed by atoms with Gasteiger partial charge in [-0.25, -0.2) is 0 Å². The number of hydrogen-bond acceptors (Lipinski definition) is 0. The number of hydrogen-bond donors (Lipinski definition) is 0. The molecule has 10 rings (SSSR count). The van der Waals surface area contributed by atoms with Gasteiger partial charge in [0, 0.05) is 0 Å². The van der Waals surface area contributed by atoms with Gasteiger partial charge in [0.25, 0.3) is 0 Å². The Hall–Kier alpha value is 0. The van der Waals surface area contributed by atoms with Gasteiger partial charge < -0.3 is 0 Å². The molecule has 352 valence electrons. The average molecular weight is 834 g/mol. The number of rotatable bonds is 0. The Bertz CT molecular complexity index is 1340. The van der Waals surface area contributed by atoms with Crippen molar-refractivity contribution in [2.75, 3.05) is 0 Å². The highest BCUT2D eigenvalue weighted by Gasteiger charge is 2.69. The van der Waals surface area contributed by atoms with Gasteiger partial charge in [-0.2, -0.15) is 0 Å². The topological polar surface area (TPSA) is 0 Å². The first-order valence-electron chi connectivity index (χ1n) is 26.8. The minimum atomic E-state index is 0.453. The fraction of sp³-hybridized carbons (Fsp3) is 1.00. The highest BCUT2D eigenvalue weighted by Crippen LogP contribution is 2.76. The van der Waals surface area contributed by atoms with Crippen LogP contribution in [0.2, 0.25) is 0 Å². The van der Waals surface area contributed by atoms with Crippen LogP contribution in [0.3, 0.4) is 0 Å². The molecule has 0 aromatic heterocycles. The number of fused-ring (bicyclic) bond motifs is 8. The Morgan fingerprint density at radius 2 is 0.483 bits per heavy atom. The lowest BCUT2D eigenvalue weighted by molar-refractivity contribution is -0.172. The van der Waals surface area contributed by atoms with Gasteiger partial charge in [0.05, 0.1) is 0 Å². The highest BCUT2D eigenvalue weighted by molar-refractivity contribution is 5.17. The van der Waals surface area contributed by atoms with Crippen LogP contribution in [0.5, 0.6) is 0 Å². The van der Waals surface area contributed by atoms with E-state index in [9.17, 15) is 0 Å². The van der Waals surface area contributed by atoms with Gasteiger partial charge in [-0.3, -0.25) is 0 Å². The van der Waals surface area contributed by atoms with Gasteiger partial charge in [0.15, 0.2) is 0 Å². The van der Waals surface area contributed by atoms with E-state index in [4.69, 9.17) is 0 Å². The van der Waals surface area contributed by atoms with E-state index >= 15 is 0 Å². The molecule has 10 aliphatic rings. The van der Waals surface area contributed by atoms with Gasteiger partial charge in [-0.05, 0) is 196 Å². The van der Waals surface area contributed by atoms with Crippen LogP contribution < -0.4 is 0 Å². The first-order valence-corrected chi connectivity index (χ1v) is 26.8. The lowest BCUT2D eigenvalue weighted by Gasteiger charge is -2.65. The minimum Gasteiger partial charge on any atom is -0.0596 e. The largest absolute Gasteiger partial charge is 0.0596 e. The summed E-state index contributed by atoms with van der Waals surface area (Å²) in [5, 5.41) is 0. The van der Waals surface area contributed by atoms with Gasteiger partial charge in [0.1, 0.15) is 0 Å². The Balaban J connectivity index is 0.000000152. The maximum atomic E-state index is 2.49. The second kappa shape index (κ2) is 15.8. The molecule has 0 N–H and O–H groups in total. The maximum absolute atomic E-state index is 2.49. The molecule has 0 radical (unpaired) electrons. The Kier molecular flexibility index (Phi) is 13.4. The molecule has 10 saturated carbocycles. The van der Waals surface area contributed by atoms with Crippen LogP contribution in [0.25, 0.3) is 0 Å². The summed E-state index contributed by atoms with van der Waals surface area (Å²) >= 11 is 0. The van der Waals surface area contributed by atoms with E-state index < -0.39 is 0 Å². The fourth-order valence-electron chi connectivity index (χ4n) is 22.2. The van der Waals surface area contributed by atoms with Crippen molar-refractivity contribution >= 4 is 0 Å². The standard InChI is InChI=1S/C16H30.2C15H28.C14H26/c1-14(2,3)16(15(4,5)6)11-12-7-9-13(16)10-8-12;1-13(2,3)15(14(4,5)6)10-11-7-8-12(15)9-11;1-13(2,3)15(14(4,5)6)11-7-8-12(15)10-9-11;1-12(2,3)14(13(4,5)6)10-7-8-11(14)9-10/h12-13H,7-11H2,1-6H3;2*11-12H,7-10H2,1-6H3;10-11H,7-9H2,1-6H3. The average Bonchev–Trinajstić information content (AvgIpc) is 3.90. The molecule has 0 aromatic carbocycles. The van der Waals surface area contributed by atoms with Crippen molar-refractivity contribution < 1.29 is 0 Å². The van der Waals surface area contributed by atoms with Gasteiger partial charge in [-0.15, -0.1) is 0 Å². The summed E-state index contributed by atoms with van der Waals surface area (Å²) in [6, 6.07) is 0. The summed E-state index contributed by atoms with van der Waals surface area (Å²) in [6.07, 6.45) is 24.1. The molecule has 0 aliphatic heterocycles. The predicted octanol–water partition coefficient (Wildman–Crippen LogP) is 19.5. The molecule has 10 fully saturated rings. The van der Waals surface area contributed by atoms with E-state index in [-0.39, 0.29) is 0 Å². The van der Waals surface area contributed by atoms with Crippen molar-refractivity contribution in [3.8, 4) is 0 Å². The van der Waals surface area contributed by atoms with Crippen molar-refractivity contribution in [2.24, 2.45) is 112 Å². The first-order chi connectivity index (χ1) is 26.8. The van der Waals surface area contributed by atoms with E-state index in [1.165, 1.54) is 103 Å². The van der Waals surface area contributed by atoms with Crippen LogP contribution in [0.1, 0.15) is 269 Å². The van der Waals surface area contributed by atoms with Crippen molar-refractivity contribution in [3.63, 3.8) is 0 Å². The Morgan fingerprint density at radius 1 is 0.233 bits per heavy atom. The van der Waals surface area contributed by atoms with Gasteiger partial charge in [-0.1, -0.05) is 185 Å². The van der Waals surface area contributed by atoms with E-state index in [0.29, 0.717) is 65.0 Å². The predicted molar refractivity (Wildman–Crippen MR) is 267 cm³/mol. The summed E-state index contributed by atoms with van der Waals surface area (Å²) in [5.41, 5.74) is 6.11. The Labute approximate surface area is 379 Å². The molecule has 0 spiro atoms. The molecule has 0 aromatic rings. The van der Waals surface area contributed by atoms with Crippen molar-refractivity contribution in [3.05, 3.63) is 0 Å². The first kappa shape index (κ1) is 51.0. The summed E-state index contributed by atoms with van der Waals surface area (Å²) in [7, 11) is 0. The molecule has 60 heavy (non-hydrogen) atoms. The van der Waals surface area contributed by atoms with Gasteiger partial charge >= 0.3 is 0 Å². The van der Waals surface area contributed by atoms with E-state index in [0.717, 1.165) is 47.3 Å². The quantitative estimate of drug-likeness (QED) is 0.228. The third kappa shape index (κ3) is 7.74. The monoisotopic (exact) mass is 833 g/mol. The molecular formula is C60H112. The molecule has 8 bridgehead atoms. The molecule has 0 heterocycles. The molecule has 4 atom stereocenters. The lowest BCUT2D eigenvalue weighted by atomic mass is 9.39. The zero-order valence-corrected chi connectivity index (χ0v) is 45.9. The van der Waals surface area contributed by atoms with Gasteiger partial charge in [0.2, 0.25) is 0 Å². The summed E-state index contributed by atoms with van der Waals surface area (Å²) in [4.78, 5) is 0. The van der Waals surface area contributed by atoms with Crippen LogP contribution in [-0.4, -0.2) is 0 Å². The fourth-order valence-corrected chi connectivity index (χ4v) is 22.2. The van der Waals surface area contributed by atoms with Crippen LogP contribution in [0.4, 0.5) is 0 Å². The minimum absolute atomic E-state index is 0.453. The van der Waals surface area contributed by atoms with Crippen molar-refractivity contribution in [2.45, 2.75) is 269 Å². The normalized spacial score (nSPS) is 34.8. The summed E-state index contributed by atoms with van der Waals surface area (Å²) in [6.45, 7) is 59.4. The summed E-state index contributed by atoms with van der Waals surface area (Å²) in [5.74, 6) is 8.11. The lowest BCUT2D eigenvalue weighted by Crippen LogP contribution is -2.59. The second-order valence-corrected chi connectivity index (χ2v) is 31.9. The molecule has 0 heteroatoms. The molecule has 0 saturated heterocycles. The molecule has 0 nitrogen and oxygen atoms in total. The van der Waals surface area contributed by atoms with Crippen LogP contribution in [-0.2, 0) is 0 Å².